The van der Waals surface area contributed by atoms with Gasteiger partial charge in [0.1, 0.15) is 18.8 Å². The Bertz CT molecular complexity index is 1490. The van der Waals surface area contributed by atoms with Crippen LogP contribution >= 0.6 is 46.4 Å². The van der Waals surface area contributed by atoms with Crippen LogP contribution in [0.3, 0.4) is 0 Å². The van der Waals surface area contributed by atoms with Crippen LogP contribution < -0.4 is 10.6 Å². The number of non-ortho nitro benzene ring substituents is 2. The number of carbonyl (C=O) groups excluding carboxylic acids is 3. The van der Waals surface area contributed by atoms with Crippen LogP contribution in [-0.4, -0.2) is 77.9 Å². The smallest absolute Gasteiger partial charge is 0.305 e. The molecule has 2 aromatic rings. The number of unbranched alkanes of at least 4 members (excludes halogenated alkanes) is 12. The maximum atomic E-state index is 12.2. The molecular formula is C38H54Cl4N4O11. The number of nitrogens with zero attached hydrogens (tertiary/aromatic N) is 2. The van der Waals surface area contributed by atoms with Gasteiger partial charge in [-0.1, -0.05) is 130 Å². The van der Waals surface area contributed by atoms with Crippen LogP contribution in [0.4, 0.5) is 11.4 Å². The van der Waals surface area contributed by atoms with Crippen molar-refractivity contribution in [3.05, 3.63) is 79.9 Å². The van der Waals surface area contributed by atoms with Gasteiger partial charge in [0.2, 0.25) is 0 Å². The Morgan fingerprint density at radius 3 is 1.33 bits per heavy atom. The van der Waals surface area contributed by atoms with Crippen molar-refractivity contribution in [2.75, 3.05) is 13.2 Å². The third-order valence-corrected chi connectivity index (χ3v) is 9.60. The summed E-state index contributed by atoms with van der Waals surface area (Å²) in [5.41, 5.74) is 0.342. The number of esters is 1. The van der Waals surface area contributed by atoms with E-state index in [2.05, 4.69) is 17.6 Å². The maximum Gasteiger partial charge on any atom is 0.305 e. The van der Waals surface area contributed by atoms with E-state index in [9.17, 15) is 44.8 Å². The highest BCUT2D eigenvalue weighted by atomic mass is 35.5. The van der Waals surface area contributed by atoms with Gasteiger partial charge in [-0.25, -0.2) is 0 Å². The van der Waals surface area contributed by atoms with Crippen LogP contribution in [0.1, 0.15) is 120 Å². The van der Waals surface area contributed by atoms with Crippen molar-refractivity contribution in [2.45, 2.75) is 131 Å². The Morgan fingerprint density at radius 1 is 0.632 bits per heavy atom. The van der Waals surface area contributed by atoms with Crippen molar-refractivity contribution in [1.29, 1.82) is 0 Å². The summed E-state index contributed by atoms with van der Waals surface area (Å²) in [6.07, 6.45) is 13.4. The summed E-state index contributed by atoms with van der Waals surface area (Å²) in [5, 5.41) is 55.9. The van der Waals surface area contributed by atoms with E-state index < -0.39 is 68.2 Å². The molecule has 0 radical (unpaired) electrons. The average Bonchev–Trinajstić information content (AvgIpc) is 3.19. The standard InChI is InChI=1S/C27H42Cl2N2O6.C11H12Cl2N2O5/c1-2-3-4-5-6-7-8-9-10-11-12-13-14-15-24(32)37-20-23(30-27(34)26(28)29)25(33)21-16-18-22(19-17-21)31(35)36;12-10(13)11(18)14-8(5-16)9(17)6-1-3-7(4-2-6)15(19)20/h16-19,23,25-26,33H,2-15,20H2,1H3,(H,30,34);1-4,8-10,16-17H,5H2,(H,14,18)/t23-,25-;8-,9-/m11/s1. The first-order chi connectivity index (χ1) is 27.1. The number of rotatable bonds is 27. The molecule has 0 unspecified atom stereocenters. The molecule has 15 nitrogen and oxygen atoms in total. The number of hydrogen-bond donors (Lipinski definition) is 5. The van der Waals surface area contributed by atoms with E-state index >= 15 is 0 Å². The highest BCUT2D eigenvalue weighted by Gasteiger charge is 2.27. The summed E-state index contributed by atoms with van der Waals surface area (Å²) < 4.78 is 5.29. The zero-order chi connectivity index (χ0) is 42.8. The first-order valence-corrected chi connectivity index (χ1v) is 20.7. The molecule has 2 aromatic carbocycles. The molecule has 0 heterocycles. The summed E-state index contributed by atoms with van der Waals surface area (Å²) in [4.78, 5) is 53.0. The lowest BCUT2D eigenvalue weighted by molar-refractivity contribution is -0.385. The number of nitro benzene ring substituents is 2. The Morgan fingerprint density at radius 2 is 0.982 bits per heavy atom. The van der Waals surface area contributed by atoms with Crippen LogP contribution in [0.15, 0.2) is 48.5 Å². The number of benzene rings is 2. The normalized spacial score (nSPS) is 13.2. The fraction of sp³-hybridized carbons (Fsp3) is 0.605. The lowest BCUT2D eigenvalue weighted by atomic mass is 10.0. The quantitative estimate of drug-likeness (QED) is 0.0191. The maximum absolute atomic E-state index is 12.2. The van der Waals surface area contributed by atoms with Gasteiger partial charge in [-0.3, -0.25) is 34.6 Å². The van der Waals surface area contributed by atoms with E-state index in [0.29, 0.717) is 17.5 Å². The van der Waals surface area contributed by atoms with Gasteiger partial charge in [0.05, 0.1) is 28.5 Å². The van der Waals surface area contributed by atoms with E-state index in [1.54, 1.807) is 0 Å². The van der Waals surface area contributed by atoms with E-state index in [-0.39, 0.29) is 24.4 Å². The SMILES string of the molecule is CCCCCCCCCCCCCCCC(=O)OC[C@@H](NC(=O)C(Cl)Cl)[C@H](O)c1ccc([N+](=O)[O-])cc1.O=C(N[C@H](CO)[C@H](O)c1ccc([N+](=O)[O-])cc1)C(Cl)Cl. The van der Waals surface area contributed by atoms with E-state index in [0.717, 1.165) is 12.8 Å². The molecule has 5 N–H and O–H groups in total. The van der Waals surface area contributed by atoms with Crippen LogP contribution in [0.25, 0.3) is 0 Å². The number of hydrogen-bond acceptors (Lipinski definition) is 11. The summed E-state index contributed by atoms with van der Waals surface area (Å²) in [6, 6.07) is 8.25. The Labute approximate surface area is 353 Å². The molecule has 0 bridgehead atoms. The first kappa shape index (κ1) is 51.7. The third kappa shape index (κ3) is 21.9. The predicted molar refractivity (Wildman–Crippen MR) is 219 cm³/mol. The van der Waals surface area contributed by atoms with Gasteiger partial charge in [0.15, 0.2) is 9.67 Å². The largest absolute Gasteiger partial charge is 0.463 e. The fourth-order valence-corrected chi connectivity index (χ4v) is 5.77. The minimum absolute atomic E-state index is 0.132. The van der Waals surface area contributed by atoms with Crippen LogP contribution in [0.5, 0.6) is 0 Å². The van der Waals surface area contributed by atoms with Crippen LogP contribution in [-0.2, 0) is 19.1 Å². The van der Waals surface area contributed by atoms with Crippen molar-refractivity contribution in [3.63, 3.8) is 0 Å². The highest BCUT2D eigenvalue weighted by molar-refractivity contribution is 6.54. The number of halogens is 4. The molecule has 0 aliphatic rings. The molecule has 0 spiro atoms. The summed E-state index contributed by atoms with van der Waals surface area (Å²) in [5.74, 6) is -1.93. The Hall–Kier alpha value is -3.31. The van der Waals surface area contributed by atoms with Gasteiger partial charge in [-0.2, -0.15) is 0 Å². The van der Waals surface area contributed by atoms with Gasteiger partial charge in [-0.15, -0.1) is 0 Å². The molecule has 57 heavy (non-hydrogen) atoms. The minimum Gasteiger partial charge on any atom is -0.463 e. The van der Waals surface area contributed by atoms with Gasteiger partial charge in [-0.05, 0) is 41.8 Å². The molecule has 0 saturated heterocycles. The number of ether oxygens (including phenoxy) is 1. The van der Waals surface area contributed by atoms with E-state index in [4.69, 9.17) is 56.2 Å². The highest BCUT2D eigenvalue weighted by Crippen LogP contribution is 2.23. The van der Waals surface area contributed by atoms with Crippen molar-refractivity contribution in [3.8, 4) is 0 Å². The van der Waals surface area contributed by atoms with Gasteiger partial charge in [0, 0.05) is 30.7 Å². The fourth-order valence-electron chi connectivity index (χ4n) is 5.52. The lowest BCUT2D eigenvalue weighted by Gasteiger charge is -2.24. The number of amides is 2. The summed E-state index contributed by atoms with van der Waals surface area (Å²) >= 11 is 21.9. The van der Waals surface area contributed by atoms with Crippen molar-refractivity contribution in [1.82, 2.24) is 10.6 Å². The van der Waals surface area contributed by atoms with E-state index in [1.807, 2.05) is 0 Å². The topological polar surface area (TPSA) is 231 Å². The second-order valence-corrected chi connectivity index (χ2v) is 15.5. The molecule has 0 fully saturated rings. The van der Waals surface area contributed by atoms with Crippen molar-refractivity contribution >= 4 is 75.6 Å². The molecule has 19 heteroatoms. The van der Waals surface area contributed by atoms with Gasteiger partial charge in [0.25, 0.3) is 23.2 Å². The van der Waals surface area contributed by atoms with Crippen LogP contribution in [0.2, 0.25) is 0 Å². The average molecular weight is 885 g/mol. The summed E-state index contributed by atoms with van der Waals surface area (Å²) in [7, 11) is 0. The number of aliphatic hydroxyl groups excluding tert-OH is 3. The third-order valence-electron chi connectivity index (χ3n) is 8.81. The summed E-state index contributed by atoms with van der Waals surface area (Å²) in [6.45, 7) is 1.39. The van der Waals surface area contributed by atoms with Gasteiger partial charge >= 0.3 is 5.97 Å². The Kier molecular flexibility index (Phi) is 27.1. The second kappa shape index (κ2) is 29.8. The predicted octanol–water partition coefficient (Wildman–Crippen LogP) is 7.85. The minimum atomic E-state index is -1.37. The van der Waals surface area contributed by atoms with Crippen LogP contribution in [0, 0.1) is 20.2 Å². The molecule has 0 saturated carbocycles. The molecule has 0 aliphatic carbocycles. The van der Waals surface area contributed by atoms with Crippen molar-refractivity contribution < 1.29 is 44.3 Å². The molecule has 0 aliphatic heterocycles. The monoisotopic (exact) mass is 882 g/mol. The number of aliphatic hydroxyl groups is 3. The number of alkyl halides is 4. The molecule has 0 aromatic heterocycles. The second-order valence-electron chi connectivity index (χ2n) is 13.3. The molecule has 2 amide bonds. The van der Waals surface area contributed by atoms with E-state index in [1.165, 1.54) is 113 Å². The first-order valence-electron chi connectivity index (χ1n) is 18.9. The zero-order valence-electron chi connectivity index (χ0n) is 31.9. The van der Waals surface area contributed by atoms with Crippen molar-refractivity contribution in [2.24, 2.45) is 0 Å². The number of nitro groups is 2. The molecule has 4 atom stereocenters. The molecular weight excluding hydrogens is 830 g/mol. The van der Waals surface area contributed by atoms with Gasteiger partial charge < -0.3 is 30.7 Å². The molecule has 2 rings (SSSR count). The Balaban J connectivity index is 0.000000681. The number of nitrogens with one attached hydrogen (secondary N) is 2. The zero-order valence-corrected chi connectivity index (χ0v) is 34.9. The lowest BCUT2D eigenvalue weighted by Crippen LogP contribution is -2.45. The number of carbonyl (C=O) groups is 3. The molecule has 320 valence electrons.